The van der Waals surface area contributed by atoms with Crippen molar-refractivity contribution >= 4 is 15.9 Å². The van der Waals surface area contributed by atoms with Crippen molar-refractivity contribution < 1.29 is 13.6 Å². The Morgan fingerprint density at radius 1 is 1.64 bits per heavy atom. The molecule has 1 aliphatic heterocycles. The second-order valence-corrected chi connectivity index (χ2v) is 5.18. The zero-order chi connectivity index (χ0) is 10.8. The van der Waals surface area contributed by atoms with E-state index < -0.39 is 10.2 Å². The lowest BCUT2D eigenvalue weighted by molar-refractivity contribution is 0.300. The van der Waals surface area contributed by atoms with Crippen LogP contribution < -0.4 is 4.72 Å². The lowest BCUT2D eigenvalue weighted by Crippen LogP contribution is -2.47. The summed E-state index contributed by atoms with van der Waals surface area (Å²) in [5.41, 5.74) is 0.660. The van der Waals surface area contributed by atoms with Gasteiger partial charge in [0.05, 0.1) is 5.71 Å². The third-order valence-electron chi connectivity index (χ3n) is 2.39. The minimum atomic E-state index is -3.34. The molecule has 82 valence electrons. The van der Waals surface area contributed by atoms with E-state index in [1.54, 1.807) is 0 Å². The van der Waals surface area contributed by atoms with Crippen LogP contribution in [0.5, 0.6) is 0 Å². The van der Waals surface area contributed by atoms with Crippen LogP contribution in [0.2, 0.25) is 0 Å². The van der Waals surface area contributed by atoms with Crippen molar-refractivity contribution in [3.63, 3.8) is 0 Å². The van der Waals surface area contributed by atoms with E-state index in [4.69, 9.17) is 5.21 Å². The quantitative estimate of drug-likeness (QED) is 0.492. The highest BCUT2D eigenvalue weighted by Gasteiger charge is 2.29. The smallest absolute Gasteiger partial charge is 0.279 e. The van der Waals surface area contributed by atoms with E-state index in [0.29, 0.717) is 25.2 Å². The van der Waals surface area contributed by atoms with Gasteiger partial charge in [0.25, 0.3) is 10.2 Å². The summed E-state index contributed by atoms with van der Waals surface area (Å²) in [7, 11) is -1.95. The second kappa shape index (κ2) is 4.24. The summed E-state index contributed by atoms with van der Waals surface area (Å²) in [5, 5.41) is 11.8. The Balaban J connectivity index is 2.73. The monoisotopic (exact) mass is 221 g/mol. The van der Waals surface area contributed by atoms with Crippen LogP contribution in [-0.4, -0.2) is 43.8 Å². The van der Waals surface area contributed by atoms with Gasteiger partial charge in [-0.3, -0.25) is 0 Å². The molecule has 0 saturated carbocycles. The predicted molar refractivity (Wildman–Crippen MR) is 52.6 cm³/mol. The fourth-order valence-corrected chi connectivity index (χ4v) is 2.49. The maximum Gasteiger partial charge on any atom is 0.279 e. The molecule has 1 heterocycles. The van der Waals surface area contributed by atoms with E-state index in [9.17, 15) is 8.42 Å². The number of nitrogens with one attached hydrogen (secondary N) is 1. The summed E-state index contributed by atoms with van der Waals surface area (Å²) in [6.07, 6.45) is 0.485. The summed E-state index contributed by atoms with van der Waals surface area (Å²) in [5.74, 6) is -0.0307. The second-order valence-electron chi connectivity index (χ2n) is 3.31. The number of rotatable bonds is 2. The molecular formula is C7H15N3O3S. The standard InChI is InChI=1S/C7H15N3O3S/c1-6-5-10(14(12,13)8-2)4-3-7(6)9-11/h6,8,11H,3-5H2,1-2H3. The van der Waals surface area contributed by atoms with Crippen molar-refractivity contribution in [2.45, 2.75) is 13.3 Å². The fourth-order valence-electron chi connectivity index (χ4n) is 1.48. The van der Waals surface area contributed by atoms with Crippen molar-refractivity contribution in [3.8, 4) is 0 Å². The number of hydrogen-bond donors (Lipinski definition) is 2. The average Bonchev–Trinajstić information content (AvgIpc) is 2.17. The molecule has 6 nitrogen and oxygen atoms in total. The van der Waals surface area contributed by atoms with Crippen LogP contribution in [0.25, 0.3) is 0 Å². The van der Waals surface area contributed by atoms with Gasteiger partial charge in [0.15, 0.2) is 0 Å². The molecule has 1 atom stereocenters. The third kappa shape index (κ3) is 2.23. The Hall–Kier alpha value is -0.660. The van der Waals surface area contributed by atoms with E-state index in [2.05, 4.69) is 9.88 Å². The number of oxime groups is 1. The van der Waals surface area contributed by atoms with Crippen LogP contribution in [0.3, 0.4) is 0 Å². The van der Waals surface area contributed by atoms with Crippen molar-refractivity contribution in [1.82, 2.24) is 9.03 Å². The molecule has 1 saturated heterocycles. The van der Waals surface area contributed by atoms with Gasteiger partial charge < -0.3 is 5.21 Å². The maximum absolute atomic E-state index is 11.4. The summed E-state index contributed by atoms with van der Waals surface area (Å²) in [6.45, 7) is 2.57. The minimum absolute atomic E-state index is 0.0307. The highest BCUT2D eigenvalue weighted by atomic mass is 32.2. The average molecular weight is 221 g/mol. The first-order chi connectivity index (χ1) is 6.51. The van der Waals surface area contributed by atoms with Crippen molar-refractivity contribution in [3.05, 3.63) is 0 Å². The zero-order valence-electron chi connectivity index (χ0n) is 8.27. The Morgan fingerprint density at radius 2 is 2.29 bits per heavy atom. The molecule has 1 rings (SSSR count). The Labute approximate surface area is 83.8 Å². The number of hydrogen-bond acceptors (Lipinski definition) is 4. The Kier molecular flexibility index (Phi) is 3.46. The summed E-state index contributed by atoms with van der Waals surface area (Å²) in [4.78, 5) is 0. The lowest BCUT2D eigenvalue weighted by atomic mass is 10.00. The molecule has 14 heavy (non-hydrogen) atoms. The fraction of sp³-hybridized carbons (Fsp3) is 0.857. The van der Waals surface area contributed by atoms with Gasteiger partial charge in [-0.2, -0.15) is 12.7 Å². The summed E-state index contributed by atoms with van der Waals surface area (Å²) < 4.78 is 26.4. The molecule has 0 aliphatic carbocycles. The molecule has 1 fully saturated rings. The SMILES string of the molecule is CNS(=O)(=O)N1CCC(=NO)C(C)C1. The predicted octanol–water partition coefficient (Wildman–Crippen LogP) is -0.377. The van der Waals surface area contributed by atoms with Gasteiger partial charge in [0.2, 0.25) is 0 Å². The Bertz CT molecular complexity index is 325. The van der Waals surface area contributed by atoms with Crippen LogP contribution in [0.1, 0.15) is 13.3 Å². The van der Waals surface area contributed by atoms with Gasteiger partial charge in [-0.1, -0.05) is 12.1 Å². The van der Waals surface area contributed by atoms with Gasteiger partial charge in [-0.15, -0.1) is 0 Å². The molecule has 2 N–H and O–H groups in total. The summed E-state index contributed by atoms with van der Waals surface area (Å²) in [6, 6.07) is 0. The van der Waals surface area contributed by atoms with Gasteiger partial charge in [0, 0.05) is 32.5 Å². The Morgan fingerprint density at radius 3 is 2.71 bits per heavy atom. The third-order valence-corrected chi connectivity index (χ3v) is 3.92. The largest absolute Gasteiger partial charge is 0.411 e. The first-order valence-corrected chi connectivity index (χ1v) is 5.84. The molecule has 0 spiro atoms. The van der Waals surface area contributed by atoms with Gasteiger partial charge >= 0.3 is 0 Å². The molecule has 0 aromatic rings. The van der Waals surface area contributed by atoms with Crippen LogP contribution >= 0.6 is 0 Å². The zero-order valence-corrected chi connectivity index (χ0v) is 9.08. The van der Waals surface area contributed by atoms with Crippen LogP contribution in [0, 0.1) is 5.92 Å². The maximum atomic E-state index is 11.4. The first kappa shape index (κ1) is 11.4. The molecule has 0 amide bonds. The van der Waals surface area contributed by atoms with Crippen molar-refractivity contribution in [1.29, 1.82) is 0 Å². The van der Waals surface area contributed by atoms with E-state index in [0.717, 1.165) is 0 Å². The lowest BCUT2D eigenvalue weighted by Gasteiger charge is -2.29. The number of piperidine rings is 1. The molecule has 0 radical (unpaired) electrons. The van der Waals surface area contributed by atoms with E-state index >= 15 is 0 Å². The molecule has 0 bridgehead atoms. The van der Waals surface area contributed by atoms with Gasteiger partial charge in [0.1, 0.15) is 0 Å². The minimum Gasteiger partial charge on any atom is -0.411 e. The summed E-state index contributed by atoms with van der Waals surface area (Å²) >= 11 is 0. The molecule has 0 aromatic carbocycles. The molecule has 1 unspecified atom stereocenters. The highest BCUT2D eigenvalue weighted by molar-refractivity contribution is 7.87. The highest BCUT2D eigenvalue weighted by Crippen LogP contribution is 2.15. The van der Waals surface area contributed by atoms with E-state index in [1.165, 1.54) is 11.4 Å². The van der Waals surface area contributed by atoms with E-state index in [-0.39, 0.29) is 5.92 Å². The molecular weight excluding hydrogens is 206 g/mol. The van der Waals surface area contributed by atoms with Crippen LogP contribution in [0.15, 0.2) is 5.16 Å². The van der Waals surface area contributed by atoms with Crippen molar-refractivity contribution in [2.75, 3.05) is 20.1 Å². The number of nitrogens with zero attached hydrogens (tertiary/aromatic N) is 2. The normalized spacial score (nSPS) is 28.1. The van der Waals surface area contributed by atoms with Crippen LogP contribution in [-0.2, 0) is 10.2 Å². The van der Waals surface area contributed by atoms with Crippen molar-refractivity contribution in [2.24, 2.45) is 11.1 Å². The molecule has 1 aliphatic rings. The van der Waals surface area contributed by atoms with Crippen LogP contribution in [0.4, 0.5) is 0 Å². The van der Waals surface area contributed by atoms with E-state index in [1.807, 2.05) is 6.92 Å². The topological polar surface area (TPSA) is 82.0 Å². The first-order valence-electron chi connectivity index (χ1n) is 4.40. The van der Waals surface area contributed by atoms with Gasteiger partial charge in [-0.25, -0.2) is 4.72 Å². The molecule has 0 aromatic heterocycles. The molecule has 7 heteroatoms. The van der Waals surface area contributed by atoms with Gasteiger partial charge in [-0.05, 0) is 0 Å².